The van der Waals surface area contributed by atoms with Crippen molar-refractivity contribution in [2.75, 3.05) is 14.2 Å². The van der Waals surface area contributed by atoms with E-state index in [4.69, 9.17) is 15.5 Å². The van der Waals surface area contributed by atoms with Gasteiger partial charge in [-0.05, 0) is 36.4 Å². The first-order valence-corrected chi connectivity index (χ1v) is 13.1. The Hall–Kier alpha value is -1.97. The molecule has 0 bridgehead atoms. The number of halogens is 2. The summed E-state index contributed by atoms with van der Waals surface area (Å²) in [5.41, 5.74) is 0.715. The van der Waals surface area contributed by atoms with E-state index in [0.717, 1.165) is 23.2 Å². The third kappa shape index (κ3) is 43.8. The van der Waals surface area contributed by atoms with Crippen LogP contribution in [-0.2, 0) is 0 Å². The summed E-state index contributed by atoms with van der Waals surface area (Å²) in [7, 11) is 2.00. The van der Waals surface area contributed by atoms with Crippen molar-refractivity contribution in [2.24, 2.45) is 0 Å². The first-order chi connectivity index (χ1) is 16.7. The molecule has 3 rings (SSSR count). The van der Waals surface area contributed by atoms with E-state index >= 15 is 0 Å². The van der Waals surface area contributed by atoms with Gasteiger partial charge in [0.15, 0.2) is 0 Å². The maximum atomic E-state index is 8.29. The average Bonchev–Trinajstić information content (AvgIpc) is 2.97. The van der Waals surface area contributed by atoms with E-state index in [2.05, 4.69) is 31.9 Å². The minimum atomic E-state index is 0.715. The van der Waals surface area contributed by atoms with Crippen molar-refractivity contribution in [3.8, 4) is 6.07 Å². The van der Waals surface area contributed by atoms with Crippen molar-refractivity contribution in [1.29, 1.82) is 5.26 Å². The van der Waals surface area contributed by atoms with Gasteiger partial charge in [0.25, 0.3) is 0 Å². The molecule has 0 spiro atoms. The fourth-order valence-corrected chi connectivity index (χ4v) is 1.95. The van der Waals surface area contributed by atoms with Gasteiger partial charge >= 0.3 is 0 Å². The fraction of sp³-hybridized carbons (Fsp3) is 0.345. The molecule has 194 valence electrons. The minimum absolute atomic E-state index is 0.715. The summed E-state index contributed by atoms with van der Waals surface area (Å²) in [6.45, 7) is 16.0. The number of benzene rings is 3. The van der Waals surface area contributed by atoms with Crippen LogP contribution >= 0.6 is 31.9 Å². The smallest absolute Gasteiger partial charge is 0.0991 e. The van der Waals surface area contributed by atoms with Gasteiger partial charge in [0.1, 0.15) is 0 Å². The van der Waals surface area contributed by atoms with Gasteiger partial charge in [-0.3, -0.25) is 0 Å². The zero-order valence-electron chi connectivity index (χ0n) is 22.8. The molecule has 0 atom stereocenters. The summed E-state index contributed by atoms with van der Waals surface area (Å²) in [5, 5.41) is 22.3. The number of rotatable bonds is 0. The first-order valence-electron chi connectivity index (χ1n) is 11.5. The lowest BCUT2D eigenvalue weighted by Crippen LogP contribution is -1.66. The summed E-state index contributed by atoms with van der Waals surface area (Å²) in [6, 6.07) is 31.1. The van der Waals surface area contributed by atoms with E-state index in [9.17, 15) is 0 Å². The van der Waals surface area contributed by atoms with Gasteiger partial charge in [-0.25, -0.2) is 0 Å². The lowest BCUT2D eigenvalue weighted by atomic mass is 10.2. The van der Waals surface area contributed by atoms with Gasteiger partial charge in [0.05, 0.1) is 11.6 Å². The SMILES string of the molecule is Brc1ccccc1.Brc1ccccc1.CC.CC.CC.CC.CO.CO.N#Cc1ccccc1. The maximum Gasteiger partial charge on any atom is 0.0991 e. The quantitative estimate of drug-likeness (QED) is 0.270. The van der Waals surface area contributed by atoms with Gasteiger partial charge in [-0.1, -0.05) is 142 Å². The summed E-state index contributed by atoms with van der Waals surface area (Å²) in [4.78, 5) is 0. The molecule has 3 aromatic rings. The number of hydrogen-bond acceptors (Lipinski definition) is 3. The largest absolute Gasteiger partial charge is 0.400 e. The van der Waals surface area contributed by atoms with E-state index in [1.54, 1.807) is 12.1 Å². The predicted molar refractivity (Wildman–Crippen MR) is 161 cm³/mol. The minimum Gasteiger partial charge on any atom is -0.400 e. The third-order valence-corrected chi connectivity index (χ3v) is 3.43. The van der Waals surface area contributed by atoms with Crippen molar-refractivity contribution in [3.63, 3.8) is 0 Å². The average molecular weight is 602 g/mol. The molecule has 0 aliphatic carbocycles. The van der Waals surface area contributed by atoms with Gasteiger partial charge in [0, 0.05) is 23.2 Å². The lowest BCUT2D eigenvalue weighted by molar-refractivity contribution is 0.399. The van der Waals surface area contributed by atoms with Crippen molar-refractivity contribution in [1.82, 2.24) is 0 Å². The number of aliphatic hydroxyl groups excluding tert-OH is 2. The second-order valence-electron chi connectivity index (χ2n) is 4.07. The molecule has 2 N–H and O–H groups in total. The van der Waals surface area contributed by atoms with Crippen molar-refractivity contribution < 1.29 is 10.2 Å². The number of hydrogen-bond donors (Lipinski definition) is 2. The molecule has 0 fully saturated rings. The van der Waals surface area contributed by atoms with Crippen LogP contribution in [0.1, 0.15) is 61.0 Å². The highest BCUT2D eigenvalue weighted by molar-refractivity contribution is 9.10. The fourth-order valence-electron chi connectivity index (χ4n) is 1.34. The van der Waals surface area contributed by atoms with Crippen LogP contribution in [0.2, 0.25) is 0 Å². The Balaban J connectivity index is -0.0000000710. The van der Waals surface area contributed by atoms with Crippen LogP contribution in [0.5, 0.6) is 0 Å². The van der Waals surface area contributed by atoms with Gasteiger partial charge in [0.2, 0.25) is 0 Å². The molecule has 0 saturated carbocycles. The molecule has 0 saturated heterocycles. The Kier molecular flexibility index (Phi) is 70.6. The standard InChI is InChI=1S/C7H5N.2C6H5Br.4C2H6.2CH4O/c8-6-7-4-2-1-3-5-7;2*7-6-4-2-1-3-5-6;6*1-2/h1-5H;2*1-5H;4*1-2H3;2*2H,1H3. The van der Waals surface area contributed by atoms with Crippen LogP contribution in [0.3, 0.4) is 0 Å². The summed E-state index contributed by atoms with van der Waals surface area (Å²) < 4.78 is 2.27. The highest BCUT2D eigenvalue weighted by atomic mass is 79.9. The Bertz CT molecular complexity index is 637. The topological polar surface area (TPSA) is 64.2 Å². The Morgan fingerprint density at radius 3 is 0.794 bits per heavy atom. The monoisotopic (exact) mass is 599 g/mol. The molecule has 0 amide bonds. The second kappa shape index (κ2) is 52.8. The second-order valence-corrected chi connectivity index (χ2v) is 5.90. The maximum absolute atomic E-state index is 8.29. The zero-order chi connectivity index (χ0) is 28.0. The summed E-state index contributed by atoms with van der Waals surface area (Å²) >= 11 is 6.62. The third-order valence-electron chi connectivity index (χ3n) is 2.37. The number of aliphatic hydroxyl groups is 2. The van der Waals surface area contributed by atoms with Crippen LogP contribution in [0, 0.1) is 11.3 Å². The molecule has 0 aliphatic rings. The van der Waals surface area contributed by atoms with Gasteiger partial charge < -0.3 is 10.2 Å². The normalized spacial score (nSPS) is 6.50. The molecule has 5 heteroatoms. The molecule has 3 aromatic carbocycles. The first kappa shape index (κ1) is 45.5. The molecule has 0 aromatic heterocycles. The highest BCUT2D eigenvalue weighted by Gasteiger charge is 1.79. The Morgan fingerprint density at radius 1 is 0.471 bits per heavy atom. The van der Waals surface area contributed by atoms with Gasteiger partial charge in [-0.15, -0.1) is 0 Å². The van der Waals surface area contributed by atoms with Crippen LogP contribution in [-0.4, -0.2) is 24.4 Å². The van der Waals surface area contributed by atoms with E-state index < -0.39 is 0 Å². The van der Waals surface area contributed by atoms with Gasteiger partial charge in [-0.2, -0.15) is 5.26 Å². The molecule has 0 radical (unpaired) electrons. The van der Waals surface area contributed by atoms with Crippen LogP contribution in [0.15, 0.2) is 99.9 Å². The van der Waals surface area contributed by atoms with Crippen molar-refractivity contribution >= 4 is 31.9 Å². The van der Waals surface area contributed by atoms with Crippen LogP contribution < -0.4 is 0 Å². The zero-order valence-corrected chi connectivity index (χ0v) is 25.9. The van der Waals surface area contributed by atoms with Crippen molar-refractivity contribution in [3.05, 3.63) is 106 Å². The molecular weight excluding hydrogens is 554 g/mol. The van der Waals surface area contributed by atoms with E-state index in [0.29, 0.717) is 5.56 Å². The molecule has 0 aliphatic heterocycles. The predicted octanol–water partition coefficient (Wildman–Crippen LogP) is 9.78. The summed E-state index contributed by atoms with van der Waals surface area (Å²) in [5.74, 6) is 0. The summed E-state index contributed by atoms with van der Waals surface area (Å²) in [6.07, 6.45) is 0. The molecule has 0 heterocycles. The van der Waals surface area contributed by atoms with Crippen LogP contribution in [0.4, 0.5) is 0 Å². The highest BCUT2D eigenvalue weighted by Crippen LogP contribution is 2.05. The Morgan fingerprint density at radius 2 is 0.676 bits per heavy atom. The lowest BCUT2D eigenvalue weighted by Gasteiger charge is -1.80. The van der Waals surface area contributed by atoms with E-state index in [-0.39, 0.29) is 0 Å². The van der Waals surface area contributed by atoms with E-state index in [1.807, 2.05) is 140 Å². The number of nitrogens with zero attached hydrogens (tertiary/aromatic N) is 1. The molecule has 0 unspecified atom stereocenters. The Labute approximate surface area is 227 Å². The van der Waals surface area contributed by atoms with Crippen LogP contribution in [0.25, 0.3) is 0 Å². The van der Waals surface area contributed by atoms with E-state index in [1.165, 1.54) is 0 Å². The van der Waals surface area contributed by atoms with Crippen molar-refractivity contribution in [2.45, 2.75) is 55.4 Å². The number of nitriles is 1. The molecule has 3 nitrogen and oxygen atoms in total. The molecule has 34 heavy (non-hydrogen) atoms. The molecular formula is C29H47Br2NO2.